The largest absolute Gasteiger partial charge is 0.355 e. The Hall–Kier alpha value is -0.120. The van der Waals surface area contributed by atoms with Gasteiger partial charge in [-0.2, -0.15) is 0 Å². The van der Waals surface area contributed by atoms with Crippen LogP contribution in [0.5, 0.6) is 0 Å². The van der Waals surface area contributed by atoms with Crippen molar-refractivity contribution in [2.75, 3.05) is 33.5 Å². The smallest absolute Gasteiger partial charge is 0.147 e. The van der Waals surface area contributed by atoms with Crippen molar-refractivity contribution in [1.29, 1.82) is 0 Å². The van der Waals surface area contributed by atoms with Gasteiger partial charge in [-0.25, -0.2) is 0 Å². The van der Waals surface area contributed by atoms with Crippen LogP contribution in [-0.2, 0) is 9.47 Å². The van der Waals surface area contributed by atoms with Crippen molar-refractivity contribution in [1.82, 2.24) is 4.90 Å². The molecule has 0 aliphatic carbocycles. The van der Waals surface area contributed by atoms with E-state index in [9.17, 15) is 0 Å². The first-order valence-corrected chi connectivity index (χ1v) is 3.74. The summed E-state index contributed by atoms with van der Waals surface area (Å²) in [6.45, 7) is 3.59. The molecule has 0 radical (unpaired) electrons. The molecular weight excluding hydrogens is 130 g/mol. The molecule has 2 aliphatic heterocycles. The molecule has 2 saturated heterocycles. The zero-order valence-corrected chi connectivity index (χ0v) is 6.25. The molecule has 0 aromatic rings. The van der Waals surface area contributed by atoms with Gasteiger partial charge in [0.05, 0.1) is 12.7 Å². The minimum absolute atomic E-state index is 0.443. The topological polar surface area (TPSA) is 21.7 Å². The number of ether oxygens (including phenoxy) is 2. The number of fused-ring (bicyclic) bond motifs is 1. The van der Waals surface area contributed by atoms with E-state index in [1.54, 1.807) is 0 Å². The third kappa shape index (κ3) is 1.05. The highest BCUT2D eigenvalue weighted by atomic mass is 16.7. The third-order valence-corrected chi connectivity index (χ3v) is 2.26. The van der Waals surface area contributed by atoms with Gasteiger partial charge in [0.1, 0.15) is 6.79 Å². The SMILES string of the molecule is CN1CC2COCOC2C1. The molecule has 58 valence electrons. The Morgan fingerprint density at radius 2 is 2.30 bits per heavy atom. The van der Waals surface area contributed by atoms with Gasteiger partial charge in [0.15, 0.2) is 0 Å². The Labute approximate surface area is 60.9 Å². The van der Waals surface area contributed by atoms with Crippen molar-refractivity contribution in [2.24, 2.45) is 5.92 Å². The molecule has 2 unspecified atom stereocenters. The molecule has 10 heavy (non-hydrogen) atoms. The summed E-state index contributed by atoms with van der Waals surface area (Å²) >= 11 is 0. The Morgan fingerprint density at radius 1 is 1.40 bits per heavy atom. The summed E-state index contributed by atoms with van der Waals surface area (Å²) in [4.78, 5) is 2.30. The van der Waals surface area contributed by atoms with Crippen LogP contribution in [0.2, 0.25) is 0 Å². The zero-order valence-electron chi connectivity index (χ0n) is 6.25. The molecule has 2 atom stereocenters. The lowest BCUT2D eigenvalue weighted by atomic mass is 10.1. The van der Waals surface area contributed by atoms with Crippen LogP contribution < -0.4 is 0 Å². The van der Waals surface area contributed by atoms with Gasteiger partial charge in [-0.05, 0) is 7.05 Å². The Kier molecular flexibility index (Phi) is 1.64. The molecule has 2 aliphatic rings. The van der Waals surface area contributed by atoms with E-state index >= 15 is 0 Å². The predicted molar refractivity (Wildman–Crippen MR) is 36.7 cm³/mol. The van der Waals surface area contributed by atoms with Crippen LogP contribution in [0.25, 0.3) is 0 Å². The maximum Gasteiger partial charge on any atom is 0.147 e. The number of hydrogen-bond acceptors (Lipinski definition) is 3. The van der Waals surface area contributed by atoms with Crippen LogP contribution >= 0.6 is 0 Å². The van der Waals surface area contributed by atoms with Crippen molar-refractivity contribution in [3.05, 3.63) is 0 Å². The Balaban J connectivity index is 1.97. The predicted octanol–water partition coefficient (Wildman–Crippen LogP) is -0.0791. The van der Waals surface area contributed by atoms with Crippen molar-refractivity contribution >= 4 is 0 Å². The molecule has 3 heteroatoms. The van der Waals surface area contributed by atoms with E-state index in [-0.39, 0.29) is 0 Å². The average molecular weight is 143 g/mol. The maximum absolute atomic E-state index is 5.41. The van der Waals surface area contributed by atoms with E-state index in [0.29, 0.717) is 18.8 Å². The number of hydrogen-bond donors (Lipinski definition) is 0. The van der Waals surface area contributed by atoms with Gasteiger partial charge in [-0.1, -0.05) is 0 Å². The van der Waals surface area contributed by atoms with Crippen LogP contribution in [0.1, 0.15) is 0 Å². The number of nitrogens with zero attached hydrogens (tertiary/aromatic N) is 1. The molecule has 0 aromatic heterocycles. The normalized spacial score (nSPS) is 41.7. The highest BCUT2D eigenvalue weighted by Crippen LogP contribution is 2.21. The third-order valence-electron chi connectivity index (χ3n) is 2.26. The van der Waals surface area contributed by atoms with E-state index in [1.807, 2.05) is 0 Å². The fourth-order valence-electron chi connectivity index (χ4n) is 1.73. The van der Waals surface area contributed by atoms with Gasteiger partial charge in [0, 0.05) is 19.0 Å². The first-order valence-electron chi connectivity index (χ1n) is 3.74. The van der Waals surface area contributed by atoms with Gasteiger partial charge < -0.3 is 14.4 Å². The summed E-state index contributed by atoms with van der Waals surface area (Å²) < 4.78 is 10.6. The summed E-state index contributed by atoms with van der Waals surface area (Å²) in [5, 5.41) is 0. The molecule has 0 bridgehead atoms. The van der Waals surface area contributed by atoms with Crippen LogP contribution in [-0.4, -0.2) is 44.5 Å². The van der Waals surface area contributed by atoms with Crippen LogP contribution in [0, 0.1) is 5.92 Å². The zero-order chi connectivity index (χ0) is 6.97. The highest BCUT2D eigenvalue weighted by Gasteiger charge is 2.34. The van der Waals surface area contributed by atoms with E-state index in [1.165, 1.54) is 0 Å². The monoisotopic (exact) mass is 143 g/mol. The first kappa shape index (κ1) is 6.58. The second kappa shape index (κ2) is 2.49. The van der Waals surface area contributed by atoms with Crippen molar-refractivity contribution in [3.8, 4) is 0 Å². The second-order valence-corrected chi connectivity index (χ2v) is 3.18. The maximum atomic E-state index is 5.41. The van der Waals surface area contributed by atoms with Crippen molar-refractivity contribution in [3.63, 3.8) is 0 Å². The van der Waals surface area contributed by atoms with E-state index in [4.69, 9.17) is 9.47 Å². The minimum Gasteiger partial charge on any atom is -0.355 e. The van der Waals surface area contributed by atoms with E-state index in [2.05, 4.69) is 11.9 Å². The first-order chi connectivity index (χ1) is 4.86. The fourth-order valence-corrected chi connectivity index (χ4v) is 1.73. The second-order valence-electron chi connectivity index (χ2n) is 3.18. The highest BCUT2D eigenvalue weighted by molar-refractivity contribution is 4.84. The average Bonchev–Trinajstić information content (AvgIpc) is 2.27. The standard InChI is InChI=1S/C7H13NO2/c1-8-2-6-4-9-5-10-7(6)3-8/h6-7H,2-5H2,1H3. The quantitative estimate of drug-likeness (QED) is 0.473. The molecule has 0 spiro atoms. The van der Waals surface area contributed by atoms with Gasteiger partial charge in [-0.15, -0.1) is 0 Å². The van der Waals surface area contributed by atoms with Gasteiger partial charge in [-0.3, -0.25) is 0 Å². The number of likely N-dealkylation sites (tertiary alicyclic amines) is 1. The molecule has 2 rings (SSSR count). The lowest BCUT2D eigenvalue weighted by Gasteiger charge is -2.24. The van der Waals surface area contributed by atoms with E-state index in [0.717, 1.165) is 19.7 Å². The van der Waals surface area contributed by atoms with Gasteiger partial charge in [0.2, 0.25) is 0 Å². The van der Waals surface area contributed by atoms with E-state index < -0.39 is 0 Å². The summed E-state index contributed by atoms with van der Waals surface area (Å²) in [5.74, 6) is 0.624. The molecule has 0 saturated carbocycles. The molecular formula is C7H13NO2. The lowest BCUT2D eigenvalue weighted by molar-refractivity contribution is -0.153. The molecule has 2 heterocycles. The summed E-state index contributed by atoms with van der Waals surface area (Å²) in [5.41, 5.74) is 0. The van der Waals surface area contributed by atoms with Crippen LogP contribution in [0.4, 0.5) is 0 Å². The lowest BCUT2D eigenvalue weighted by Crippen LogP contribution is -2.32. The molecule has 0 amide bonds. The Bertz CT molecular complexity index is 115. The van der Waals surface area contributed by atoms with Crippen LogP contribution in [0.3, 0.4) is 0 Å². The molecule has 3 nitrogen and oxygen atoms in total. The summed E-state index contributed by atoms with van der Waals surface area (Å²) in [6, 6.07) is 0. The van der Waals surface area contributed by atoms with Crippen molar-refractivity contribution < 1.29 is 9.47 Å². The summed E-state index contributed by atoms with van der Waals surface area (Å²) in [7, 11) is 2.13. The van der Waals surface area contributed by atoms with Crippen LogP contribution in [0.15, 0.2) is 0 Å². The van der Waals surface area contributed by atoms with Gasteiger partial charge in [0.25, 0.3) is 0 Å². The van der Waals surface area contributed by atoms with Gasteiger partial charge >= 0.3 is 0 Å². The summed E-state index contributed by atoms with van der Waals surface area (Å²) in [6.07, 6.45) is 0.443. The Morgan fingerprint density at radius 3 is 3.10 bits per heavy atom. The minimum atomic E-state index is 0.443. The number of likely N-dealkylation sites (N-methyl/N-ethyl adjacent to an activating group) is 1. The van der Waals surface area contributed by atoms with Crippen molar-refractivity contribution in [2.45, 2.75) is 6.10 Å². The molecule has 0 aromatic carbocycles. The fraction of sp³-hybridized carbons (Fsp3) is 1.00. The molecule has 2 fully saturated rings. The molecule has 0 N–H and O–H groups in total. The number of rotatable bonds is 0.